The molecule has 0 aliphatic rings. The molecule has 0 aliphatic heterocycles. The van der Waals surface area contributed by atoms with Gasteiger partial charge in [0.05, 0.1) is 44.1 Å². The largest absolute Gasteiger partial charge is 0.309 e. The maximum absolute atomic E-state index is 2.50. The Kier molecular flexibility index (Phi) is 8.97. The smallest absolute Gasteiger partial charge is 0.0555 e. The lowest BCUT2D eigenvalue weighted by atomic mass is 10.0. The Bertz CT molecular complexity index is 5220. The molecule has 0 unspecified atom stereocenters. The Hall–Kier alpha value is -9.94. The number of thiophene rings is 1. The van der Waals surface area contributed by atoms with Crippen LogP contribution in [0.25, 0.3) is 152 Å². The van der Waals surface area contributed by atoms with Crippen LogP contribution in [0.3, 0.4) is 0 Å². The van der Waals surface area contributed by atoms with Crippen LogP contribution < -0.4 is 0 Å². The minimum Gasteiger partial charge on any atom is -0.309 e. The lowest BCUT2D eigenvalue weighted by molar-refractivity contribution is 1.13. The number of aromatic nitrogens is 4. The summed E-state index contributed by atoms with van der Waals surface area (Å²) in [6.07, 6.45) is 0. The van der Waals surface area contributed by atoms with Crippen LogP contribution in [-0.2, 0) is 0 Å². The zero-order valence-corrected chi connectivity index (χ0v) is 42.4. The summed E-state index contributed by atoms with van der Waals surface area (Å²) in [4.78, 5) is 0. The van der Waals surface area contributed by atoms with Crippen molar-refractivity contribution in [2.45, 2.75) is 0 Å². The van der Waals surface area contributed by atoms with Crippen LogP contribution in [0, 0.1) is 0 Å². The summed E-state index contributed by atoms with van der Waals surface area (Å²) in [6.45, 7) is 0. The van der Waals surface area contributed by atoms with Gasteiger partial charge in [0, 0.05) is 86.0 Å². The van der Waals surface area contributed by atoms with Crippen LogP contribution in [0.4, 0.5) is 0 Å². The third-order valence-corrected chi connectivity index (χ3v) is 17.5. The van der Waals surface area contributed by atoms with Gasteiger partial charge in [0.15, 0.2) is 0 Å². The van der Waals surface area contributed by atoms with Gasteiger partial charge in [0.2, 0.25) is 0 Å². The van der Waals surface area contributed by atoms with E-state index in [-0.39, 0.29) is 0 Å². The standard InChI is InChI=1S/C72H44N4S/c1-3-17-45(18-4-1)48-39-51(75-62-26-12-7-21-53(62)54-22-8-13-27-63(54)75)43-52(40-48)76-66-30-16-11-25-58(66)71-69(76)37-34-57-61-44-50(33-38-70(61)77-72(57)71)74-65-29-15-10-24-56(65)60-42-47(32-36-68(60)74)46-31-35-67-59(41-46)55-23-9-14-28-64(55)73(67)49-19-5-2-6-20-49/h1-44H. The Morgan fingerprint density at radius 2 is 0.636 bits per heavy atom. The van der Waals surface area contributed by atoms with Crippen LogP contribution in [0.5, 0.6) is 0 Å². The normalized spacial score (nSPS) is 12.2. The molecule has 0 saturated heterocycles. The van der Waals surface area contributed by atoms with Crippen molar-refractivity contribution in [1.29, 1.82) is 0 Å². The van der Waals surface area contributed by atoms with E-state index in [1.54, 1.807) is 0 Å². The van der Waals surface area contributed by atoms with E-state index < -0.39 is 0 Å². The highest BCUT2D eigenvalue weighted by Crippen LogP contribution is 2.46. The first kappa shape index (κ1) is 42.4. The van der Waals surface area contributed by atoms with Gasteiger partial charge in [-0.05, 0) is 131 Å². The zero-order valence-electron chi connectivity index (χ0n) is 41.6. The Morgan fingerprint density at radius 1 is 0.208 bits per heavy atom. The molecule has 0 bridgehead atoms. The molecule has 17 aromatic rings. The van der Waals surface area contributed by atoms with Crippen molar-refractivity contribution in [3.05, 3.63) is 267 Å². The van der Waals surface area contributed by atoms with Gasteiger partial charge in [-0.15, -0.1) is 11.3 Å². The van der Waals surface area contributed by atoms with Crippen LogP contribution in [0.2, 0.25) is 0 Å². The topological polar surface area (TPSA) is 19.7 Å². The van der Waals surface area contributed by atoms with E-state index >= 15 is 0 Å². The summed E-state index contributed by atoms with van der Waals surface area (Å²) in [5, 5.41) is 12.6. The Balaban J connectivity index is 0.827. The minimum atomic E-state index is 1.13. The Morgan fingerprint density at radius 3 is 1.21 bits per heavy atom. The number of hydrogen-bond donors (Lipinski definition) is 0. The molecule has 0 N–H and O–H groups in total. The quantitative estimate of drug-likeness (QED) is 0.158. The summed E-state index contributed by atoms with van der Waals surface area (Å²) < 4.78 is 12.4. The zero-order chi connectivity index (χ0) is 50.3. The molecule has 0 amide bonds. The maximum Gasteiger partial charge on any atom is 0.0555 e. The summed E-state index contributed by atoms with van der Waals surface area (Å²) in [7, 11) is 0. The fourth-order valence-electron chi connectivity index (χ4n) is 13.0. The van der Waals surface area contributed by atoms with Crippen molar-refractivity contribution in [3.63, 3.8) is 0 Å². The van der Waals surface area contributed by atoms with Gasteiger partial charge in [0.25, 0.3) is 0 Å². The second-order valence-electron chi connectivity index (χ2n) is 20.4. The van der Waals surface area contributed by atoms with Crippen LogP contribution in [0.15, 0.2) is 267 Å². The maximum atomic E-state index is 2.50. The molecule has 0 aliphatic carbocycles. The molecule has 0 saturated carbocycles. The third kappa shape index (κ3) is 6.20. The molecule has 0 atom stereocenters. The SMILES string of the molecule is c1ccc(-c2cc(-n3c4ccccc4c4ccccc43)cc(-n3c4ccccc4c4c5sc6ccc(-n7c8ccccc8c8cc(-c9ccc%10c(c9)c9ccccc9n%10-c9ccccc9)ccc87)cc6c5ccc43)c2)cc1. The molecule has 17 rings (SSSR count). The van der Waals surface area contributed by atoms with E-state index in [9.17, 15) is 0 Å². The first-order valence-electron chi connectivity index (χ1n) is 26.4. The number of para-hydroxylation sites is 6. The second-order valence-corrected chi connectivity index (χ2v) is 21.5. The first-order chi connectivity index (χ1) is 38.2. The number of nitrogens with zero attached hydrogens (tertiary/aromatic N) is 4. The van der Waals surface area contributed by atoms with Gasteiger partial charge in [-0.2, -0.15) is 0 Å². The van der Waals surface area contributed by atoms with Crippen molar-refractivity contribution >= 4 is 119 Å². The molecule has 0 radical (unpaired) electrons. The summed E-state index contributed by atoms with van der Waals surface area (Å²) in [6, 6.07) is 98.7. The number of benzene rings is 12. The Labute approximate surface area is 446 Å². The van der Waals surface area contributed by atoms with E-state index in [1.165, 1.54) is 135 Å². The summed E-state index contributed by atoms with van der Waals surface area (Å²) in [5.41, 5.74) is 18.9. The predicted octanol–water partition coefficient (Wildman–Crippen LogP) is 19.8. The monoisotopic (exact) mass is 996 g/mol. The van der Waals surface area contributed by atoms with Gasteiger partial charge < -0.3 is 18.3 Å². The second kappa shape index (κ2) is 16.3. The molecule has 358 valence electrons. The number of rotatable bonds is 6. The number of hydrogen-bond acceptors (Lipinski definition) is 1. The van der Waals surface area contributed by atoms with Crippen LogP contribution in [0.1, 0.15) is 0 Å². The van der Waals surface area contributed by atoms with Crippen molar-refractivity contribution < 1.29 is 0 Å². The van der Waals surface area contributed by atoms with Gasteiger partial charge in [-0.1, -0.05) is 158 Å². The minimum absolute atomic E-state index is 1.13. The van der Waals surface area contributed by atoms with Crippen LogP contribution >= 0.6 is 11.3 Å². The highest BCUT2D eigenvalue weighted by atomic mass is 32.1. The van der Waals surface area contributed by atoms with E-state index in [1.807, 2.05) is 11.3 Å². The lowest BCUT2D eigenvalue weighted by Crippen LogP contribution is -2.00. The van der Waals surface area contributed by atoms with Crippen molar-refractivity contribution in [3.8, 4) is 45.0 Å². The predicted molar refractivity (Wildman–Crippen MR) is 328 cm³/mol. The molecular weight excluding hydrogens is 953 g/mol. The van der Waals surface area contributed by atoms with E-state index in [0.717, 1.165) is 17.1 Å². The fraction of sp³-hybridized carbons (Fsp3) is 0. The van der Waals surface area contributed by atoms with Crippen LogP contribution in [-0.4, -0.2) is 18.3 Å². The van der Waals surface area contributed by atoms with Gasteiger partial charge in [0.1, 0.15) is 0 Å². The lowest BCUT2D eigenvalue weighted by Gasteiger charge is -2.16. The van der Waals surface area contributed by atoms with Gasteiger partial charge >= 0.3 is 0 Å². The van der Waals surface area contributed by atoms with E-state index in [0.29, 0.717) is 0 Å². The molecular formula is C72H44N4S. The molecule has 4 nitrogen and oxygen atoms in total. The summed E-state index contributed by atoms with van der Waals surface area (Å²) in [5.74, 6) is 0. The first-order valence-corrected chi connectivity index (χ1v) is 27.2. The average molecular weight is 997 g/mol. The van der Waals surface area contributed by atoms with E-state index in [2.05, 4.69) is 285 Å². The van der Waals surface area contributed by atoms with Gasteiger partial charge in [-0.25, -0.2) is 0 Å². The molecule has 12 aromatic carbocycles. The van der Waals surface area contributed by atoms with Gasteiger partial charge in [-0.3, -0.25) is 0 Å². The number of fused-ring (bicyclic) bond motifs is 16. The van der Waals surface area contributed by atoms with Crippen molar-refractivity contribution in [1.82, 2.24) is 18.3 Å². The third-order valence-electron chi connectivity index (χ3n) is 16.3. The molecule has 5 aromatic heterocycles. The molecule has 5 heteroatoms. The fourth-order valence-corrected chi connectivity index (χ4v) is 14.2. The highest BCUT2D eigenvalue weighted by molar-refractivity contribution is 7.26. The molecule has 0 fully saturated rings. The average Bonchev–Trinajstić information content (AvgIpc) is 4.41. The molecule has 0 spiro atoms. The highest BCUT2D eigenvalue weighted by Gasteiger charge is 2.22. The van der Waals surface area contributed by atoms with Crippen molar-refractivity contribution in [2.24, 2.45) is 0 Å². The molecule has 77 heavy (non-hydrogen) atoms. The summed E-state index contributed by atoms with van der Waals surface area (Å²) >= 11 is 1.90. The van der Waals surface area contributed by atoms with Crippen molar-refractivity contribution in [2.75, 3.05) is 0 Å². The molecule has 5 heterocycles. The van der Waals surface area contributed by atoms with E-state index in [4.69, 9.17) is 0 Å².